The molecule has 3 heteroatoms. The zero-order valence-corrected chi connectivity index (χ0v) is 9.80. The highest BCUT2D eigenvalue weighted by molar-refractivity contribution is 6.30. The Morgan fingerprint density at radius 2 is 2.00 bits per heavy atom. The van der Waals surface area contributed by atoms with E-state index in [-0.39, 0.29) is 6.61 Å². The van der Waals surface area contributed by atoms with E-state index in [1.54, 1.807) is 0 Å². The molecule has 84 valence electrons. The van der Waals surface area contributed by atoms with Crippen LogP contribution in [0.1, 0.15) is 25.3 Å². The average molecular weight is 228 g/mol. The number of aliphatic hydroxyl groups excluding tert-OH is 1. The van der Waals surface area contributed by atoms with Gasteiger partial charge >= 0.3 is 0 Å². The van der Waals surface area contributed by atoms with Crippen LogP contribution in [0.5, 0.6) is 0 Å². The van der Waals surface area contributed by atoms with Crippen molar-refractivity contribution in [3.05, 3.63) is 34.9 Å². The molecule has 2 N–H and O–H groups in total. The van der Waals surface area contributed by atoms with Crippen molar-refractivity contribution in [3.8, 4) is 0 Å². The van der Waals surface area contributed by atoms with Crippen molar-refractivity contribution >= 4 is 11.6 Å². The third-order valence-electron chi connectivity index (χ3n) is 2.48. The van der Waals surface area contributed by atoms with Gasteiger partial charge in [-0.25, -0.2) is 0 Å². The average Bonchev–Trinajstić information content (AvgIpc) is 2.26. The topological polar surface area (TPSA) is 32.3 Å². The van der Waals surface area contributed by atoms with Gasteiger partial charge in [0.15, 0.2) is 0 Å². The second-order valence-corrected chi connectivity index (χ2v) is 4.06. The van der Waals surface area contributed by atoms with Gasteiger partial charge in [0.2, 0.25) is 0 Å². The Hall–Kier alpha value is -0.570. The first kappa shape index (κ1) is 12.5. The highest BCUT2D eigenvalue weighted by Crippen LogP contribution is 2.09. The second-order valence-electron chi connectivity index (χ2n) is 3.62. The molecule has 1 atom stereocenters. The van der Waals surface area contributed by atoms with E-state index in [1.165, 1.54) is 5.56 Å². The summed E-state index contributed by atoms with van der Waals surface area (Å²) in [6, 6.07) is 8.21. The highest BCUT2D eigenvalue weighted by atomic mass is 35.5. The standard InChI is InChI=1S/C12H18ClNO/c1-2-12(7-8-15)14-9-10-3-5-11(13)6-4-10/h3-6,12,14-15H,2,7-9H2,1H3. The van der Waals surface area contributed by atoms with Gasteiger partial charge in [-0.15, -0.1) is 0 Å². The summed E-state index contributed by atoms with van der Waals surface area (Å²) in [6.45, 7) is 3.19. The van der Waals surface area contributed by atoms with Gasteiger partial charge in [0.25, 0.3) is 0 Å². The molecule has 0 spiro atoms. The number of nitrogens with one attached hydrogen (secondary N) is 1. The summed E-state index contributed by atoms with van der Waals surface area (Å²) in [6.07, 6.45) is 1.85. The van der Waals surface area contributed by atoms with Crippen molar-refractivity contribution in [2.24, 2.45) is 0 Å². The van der Waals surface area contributed by atoms with E-state index in [0.29, 0.717) is 6.04 Å². The number of hydrogen-bond donors (Lipinski definition) is 2. The van der Waals surface area contributed by atoms with Crippen molar-refractivity contribution < 1.29 is 5.11 Å². The number of aliphatic hydroxyl groups is 1. The zero-order valence-electron chi connectivity index (χ0n) is 9.04. The molecule has 0 heterocycles. The molecular formula is C12H18ClNO. The number of halogens is 1. The molecule has 0 aliphatic heterocycles. The molecule has 1 rings (SSSR count). The monoisotopic (exact) mass is 227 g/mol. The summed E-state index contributed by atoms with van der Waals surface area (Å²) in [5, 5.41) is 13.0. The van der Waals surface area contributed by atoms with Crippen molar-refractivity contribution in [2.75, 3.05) is 6.61 Å². The van der Waals surface area contributed by atoms with Crippen molar-refractivity contribution in [2.45, 2.75) is 32.4 Å². The molecule has 0 aliphatic rings. The van der Waals surface area contributed by atoms with Gasteiger partial charge in [0.05, 0.1) is 0 Å². The maximum Gasteiger partial charge on any atom is 0.0445 e. The van der Waals surface area contributed by atoms with Gasteiger partial charge in [0.1, 0.15) is 0 Å². The molecule has 1 aromatic carbocycles. The molecule has 0 amide bonds. The Morgan fingerprint density at radius 3 is 2.53 bits per heavy atom. The molecule has 0 saturated heterocycles. The highest BCUT2D eigenvalue weighted by Gasteiger charge is 2.04. The molecule has 2 nitrogen and oxygen atoms in total. The van der Waals surface area contributed by atoms with Gasteiger partial charge in [-0.1, -0.05) is 30.7 Å². The van der Waals surface area contributed by atoms with E-state index in [4.69, 9.17) is 16.7 Å². The molecule has 1 unspecified atom stereocenters. The first-order valence-corrected chi connectivity index (χ1v) is 5.72. The van der Waals surface area contributed by atoms with Crippen molar-refractivity contribution in [3.63, 3.8) is 0 Å². The Kier molecular flexibility index (Phi) is 5.69. The fraction of sp³-hybridized carbons (Fsp3) is 0.500. The minimum Gasteiger partial charge on any atom is -0.396 e. The van der Waals surface area contributed by atoms with Crippen LogP contribution in [0, 0.1) is 0 Å². The number of hydrogen-bond acceptors (Lipinski definition) is 2. The maximum absolute atomic E-state index is 8.84. The lowest BCUT2D eigenvalue weighted by Crippen LogP contribution is -2.28. The molecule has 0 saturated carbocycles. The Labute approximate surface area is 96.3 Å². The van der Waals surface area contributed by atoms with Gasteiger partial charge in [0, 0.05) is 24.2 Å². The fourth-order valence-corrected chi connectivity index (χ4v) is 1.60. The number of benzene rings is 1. The number of rotatable bonds is 6. The summed E-state index contributed by atoms with van der Waals surface area (Å²) in [5.41, 5.74) is 1.22. The zero-order chi connectivity index (χ0) is 11.1. The lowest BCUT2D eigenvalue weighted by molar-refractivity contribution is 0.262. The third kappa shape index (κ3) is 4.65. The van der Waals surface area contributed by atoms with Crippen LogP contribution in [0.25, 0.3) is 0 Å². The van der Waals surface area contributed by atoms with Crippen LogP contribution in [-0.2, 0) is 6.54 Å². The lowest BCUT2D eigenvalue weighted by atomic mass is 10.1. The van der Waals surface area contributed by atoms with Crippen LogP contribution in [0.3, 0.4) is 0 Å². The summed E-state index contributed by atoms with van der Waals surface area (Å²) >= 11 is 5.80. The van der Waals surface area contributed by atoms with E-state index < -0.39 is 0 Å². The molecule has 15 heavy (non-hydrogen) atoms. The van der Waals surface area contributed by atoms with E-state index >= 15 is 0 Å². The molecule has 1 aromatic rings. The second kappa shape index (κ2) is 6.83. The van der Waals surface area contributed by atoms with E-state index in [2.05, 4.69) is 12.2 Å². The maximum atomic E-state index is 8.84. The van der Waals surface area contributed by atoms with Crippen molar-refractivity contribution in [1.29, 1.82) is 0 Å². The molecule has 0 radical (unpaired) electrons. The van der Waals surface area contributed by atoms with Gasteiger partial charge in [-0.2, -0.15) is 0 Å². The smallest absolute Gasteiger partial charge is 0.0445 e. The SMILES string of the molecule is CCC(CCO)NCc1ccc(Cl)cc1. The van der Waals surface area contributed by atoms with Gasteiger partial charge in [-0.05, 0) is 30.5 Å². The van der Waals surface area contributed by atoms with Crippen LogP contribution in [-0.4, -0.2) is 17.8 Å². The summed E-state index contributed by atoms with van der Waals surface area (Å²) < 4.78 is 0. The van der Waals surface area contributed by atoms with E-state index in [1.807, 2.05) is 24.3 Å². The van der Waals surface area contributed by atoms with E-state index in [0.717, 1.165) is 24.4 Å². The van der Waals surface area contributed by atoms with Crippen LogP contribution in [0.4, 0.5) is 0 Å². The Bertz CT molecular complexity index is 273. The van der Waals surface area contributed by atoms with Crippen LogP contribution in [0.15, 0.2) is 24.3 Å². The van der Waals surface area contributed by atoms with Crippen LogP contribution >= 0.6 is 11.6 Å². The Morgan fingerprint density at radius 1 is 1.33 bits per heavy atom. The largest absolute Gasteiger partial charge is 0.396 e. The van der Waals surface area contributed by atoms with Gasteiger partial charge < -0.3 is 10.4 Å². The molecule has 0 aliphatic carbocycles. The predicted molar refractivity (Wildman–Crippen MR) is 64.1 cm³/mol. The van der Waals surface area contributed by atoms with E-state index in [9.17, 15) is 0 Å². The molecule has 0 bridgehead atoms. The van der Waals surface area contributed by atoms with Crippen LogP contribution in [0.2, 0.25) is 5.02 Å². The first-order valence-electron chi connectivity index (χ1n) is 5.35. The first-order chi connectivity index (χ1) is 7.26. The van der Waals surface area contributed by atoms with Crippen LogP contribution < -0.4 is 5.32 Å². The predicted octanol–water partition coefficient (Wildman–Crippen LogP) is 2.59. The molecule has 0 aromatic heterocycles. The summed E-state index contributed by atoms with van der Waals surface area (Å²) in [4.78, 5) is 0. The quantitative estimate of drug-likeness (QED) is 0.783. The fourth-order valence-electron chi connectivity index (χ4n) is 1.47. The normalized spacial score (nSPS) is 12.7. The van der Waals surface area contributed by atoms with Gasteiger partial charge in [-0.3, -0.25) is 0 Å². The lowest BCUT2D eigenvalue weighted by Gasteiger charge is -2.15. The minimum absolute atomic E-state index is 0.242. The molecule has 0 fully saturated rings. The minimum atomic E-state index is 0.242. The Balaban J connectivity index is 2.38. The molecular weight excluding hydrogens is 210 g/mol. The van der Waals surface area contributed by atoms with Crippen molar-refractivity contribution in [1.82, 2.24) is 5.32 Å². The third-order valence-corrected chi connectivity index (χ3v) is 2.73. The summed E-state index contributed by atoms with van der Waals surface area (Å²) in [5.74, 6) is 0. The summed E-state index contributed by atoms with van der Waals surface area (Å²) in [7, 11) is 0.